The molecule has 268 valence electrons. The number of aliphatic hydroxyl groups excluding tert-OH is 1. The highest BCUT2D eigenvalue weighted by atomic mass is 32.3. The predicted molar refractivity (Wildman–Crippen MR) is 173 cm³/mol. The van der Waals surface area contributed by atoms with Crippen LogP contribution in [0.3, 0.4) is 0 Å². The van der Waals surface area contributed by atoms with Gasteiger partial charge in [0.05, 0.1) is 52.6 Å². The Morgan fingerprint density at radius 1 is 0.959 bits per heavy atom. The number of benzene rings is 2. The molecule has 2 aromatic carbocycles. The van der Waals surface area contributed by atoms with Gasteiger partial charge in [-0.1, -0.05) is 6.07 Å². The summed E-state index contributed by atoms with van der Waals surface area (Å²) in [5.41, 5.74) is -4.05. The van der Waals surface area contributed by atoms with Gasteiger partial charge in [-0.05, 0) is 73.9 Å². The Kier molecular flexibility index (Phi) is 9.79. The second-order valence-electron chi connectivity index (χ2n) is 13.1. The van der Waals surface area contributed by atoms with E-state index in [1.165, 1.54) is 45.3 Å². The van der Waals surface area contributed by atoms with E-state index in [9.17, 15) is 49.7 Å². The lowest BCUT2D eigenvalue weighted by atomic mass is 9.81. The Labute approximate surface area is 280 Å². The number of halogens is 7. The first-order valence-electron chi connectivity index (χ1n) is 15.3. The third-order valence-electron chi connectivity index (χ3n) is 9.34. The van der Waals surface area contributed by atoms with Crippen molar-refractivity contribution in [2.45, 2.75) is 50.6 Å². The van der Waals surface area contributed by atoms with Crippen LogP contribution in [-0.2, 0) is 22.6 Å². The number of anilines is 2. The molecule has 0 bridgehead atoms. The van der Waals surface area contributed by atoms with E-state index in [4.69, 9.17) is 0 Å². The third kappa shape index (κ3) is 7.53. The number of rotatable bonds is 6. The van der Waals surface area contributed by atoms with E-state index in [0.29, 0.717) is 47.7 Å². The maximum atomic E-state index is 14.2. The summed E-state index contributed by atoms with van der Waals surface area (Å²) >= 11 is 0. The average molecular weight is 719 g/mol. The fourth-order valence-corrected chi connectivity index (χ4v) is 8.13. The lowest BCUT2D eigenvalue weighted by Gasteiger charge is -2.53. The van der Waals surface area contributed by atoms with Crippen molar-refractivity contribution in [3.63, 3.8) is 0 Å². The minimum Gasteiger partial charge on any atom is -0.394 e. The number of alkyl halides is 6. The van der Waals surface area contributed by atoms with Crippen LogP contribution in [0, 0.1) is 12.7 Å². The Bertz CT molecular complexity index is 1700. The van der Waals surface area contributed by atoms with Crippen LogP contribution < -0.4 is 9.80 Å². The molecule has 1 amide bonds. The number of piperazine rings is 1. The molecule has 16 heteroatoms. The highest BCUT2D eigenvalue weighted by molar-refractivity contribution is 8.24. The zero-order chi connectivity index (χ0) is 36.3. The maximum absolute atomic E-state index is 14.2. The van der Waals surface area contributed by atoms with E-state index >= 15 is 0 Å². The quantitative estimate of drug-likeness (QED) is 0.242. The highest BCUT2D eigenvalue weighted by Crippen LogP contribution is 2.45. The van der Waals surface area contributed by atoms with E-state index in [0.717, 1.165) is 4.90 Å². The van der Waals surface area contributed by atoms with E-state index < -0.39 is 62.8 Å². The first-order chi connectivity index (χ1) is 22.6. The van der Waals surface area contributed by atoms with Crippen LogP contribution in [0.1, 0.15) is 36.1 Å². The van der Waals surface area contributed by atoms with Gasteiger partial charge in [-0.25, -0.2) is 9.37 Å². The molecule has 1 unspecified atom stereocenters. The van der Waals surface area contributed by atoms with E-state index in [1.54, 1.807) is 13.0 Å². The van der Waals surface area contributed by atoms with Gasteiger partial charge in [0.1, 0.15) is 11.6 Å². The average Bonchev–Trinajstić information content (AvgIpc) is 3.01. The normalized spacial score (nSPS) is 20.9. The summed E-state index contributed by atoms with van der Waals surface area (Å²) in [7, 11) is -1.46. The third-order valence-corrected chi connectivity index (χ3v) is 11.1. The number of pyridine rings is 1. The number of aromatic nitrogens is 1. The number of amides is 1. The van der Waals surface area contributed by atoms with Crippen molar-refractivity contribution < 1.29 is 49.7 Å². The van der Waals surface area contributed by atoms with Gasteiger partial charge >= 0.3 is 12.4 Å². The van der Waals surface area contributed by atoms with Crippen molar-refractivity contribution in [2.24, 2.45) is 0 Å². The first kappa shape index (κ1) is 36.8. The van der Waals surface area contributed by atoms with Gasteiger partial charge in [-0.3, -0.25) is 18.8 Å². The Morgan fingerprint density at radius 3 is 2.14 bits per heavy atom. The molecular formula is C33H37F7N4O4S. The van der Waals surface area contributed by atoms with Gasteiger partial charge in [0.15, 0.2) is 0 Å². The van der Waals surface area contributed by atoms with Crippen LogP contribution in [0.25, 0.3) is 11.1 Å². The van der Waals surface area contributed by atoms with Crippen LogP contribution in [-0.4, -0.2) is 86.9 Å². The number of carbonyl (C=O) groups is 1. The van der Waals surface area contributed by atoms with Gasteiger partial charge in [-0.15, -0.1) is 0 Å². The molecule has 0 radical (unpaired) electrons. The number of aryl methyl sites for hydroxylation is 1. The van der Waals surface area contributed by atoms with Gasteiger partial charge in [0, 0.05) is 38.3 Å². The predicted octanol–water partition coefficient (Wildman–Crippen LogP) is 6.79. The summed E-state index contributed by atoms with van der Waals surface area (Å²) in [6, 6.07) is 5.97. The molecule has 2 fully saturated rings. The Hall–Kier alpha value is -3.44. The largest absolute Gasteiger partial charge is 0.416 e. The van der Waals surface area contributed by atoms with Crippen molar-refractivity contribution in [3.05, 3.63) is 76.7 Å². The zero-order valence-corrected chi connectivity index (χ0v) is 27.9. The van der Waals surface area contributed by atoms with Crippen LogP contribution in [0.4, 0.5) is 42.2 Å². The number of fused-ring (bicyclic) bond motifs is 1. The minimum atomic E-state index is -5.11. The van der Waals surface area contributed by atoms with Gasteiger partial charge in [-0.2, -0.15) is 36.9 Å². The lowest BCUT2D eigenvalue weighted by molar-refractivity contribution is -0.143. The fraction of sp³-hybridized carbons (Fsp3) is 0.455. The second-order valence-corrected chi connectivity index (χ2v) is 15.5. The molecule has 2 atom stereocenters. The van der Waals surface area contributed by atoms with Gasteiger partial charge in [0.25, 0.3) is 0 Å². The molecule has 5 rings (SSSR count). The summed E-state index contributed by atoms with van der Waals surface area (Å²) in [5, 5.41) is 10.3. The van der Waals surface area contributed by atoms with Crippen LogP contribution in [0.2, 0.25) is 0 Å². The number of nitrogens with zero attached hydrogens (tertiary/aromatic N) is 4. The maximum Gasteiger partial charge on any atom is 0.416 e. The molecular weight excluding hydrogens is 681 g/mol. The number of likely N-dealkylation sites (N-methyl/N-ethyl adjacent to an activating group) is 1. The molecule has 0 aliphatic carbocycles. The Balaban J connectivity index is 1.59. The molecule has 8 nitrogen and oxygen atoms in total. The number of carbonyl (C=O) groups excluding carboxylic acids is 1. The van der Waals surface area contributed by atoms with E-state index in [-0.39, 0.29) is 42.5 Å². The first-order valence-corrected chi connectivity index (χ1v) is 17.2. The Morgan fingerprint density at radius 2 is 1.57 bits per heavy atom. The summed E-state index contributed by atoms with van der Waals surface area (Å²) < 4.78 is 117. The van der Waals surface area contributed by atoms with Crippen molar-refractivity contribution in [1.82, 2.24) is 9.88 Å². The molecule has 49 heavy (non-hydrogen) atoms. The molecule has 2 saturated heterocycles. The molecule has 1 aromatic heterocycles. The smallest absolute Gasteiger partial charge is 0.394 e. The molecule has 2 aliphatic heterocycles. The number of aliphatic hydroxyl groups is 1. The van der Waals surface area contributed by atoms with Crippen molar-refractivity contribution in [3.8, 4) is 11.1 Å². The SMILES string of the molecule is Cc1cc(F)ccc1-c1cc(N2CC3CS(O)(O)CCN3C[C@H]2CO)ncc1N(C)C(=O)C(C)(C)c1cc(C(F)(F)F)cc(C(F)(F)F)c1. The van der Waals surface area contributed by atoms with Crippen molar-refractivity contribution in [1.29, 1.82) is 0 Å². The molecule has 3 N–H and O–H groups in total. The minimum absolute atomic E-state index is 0.000996. The topological polar surface area (TPSA) is 100 Å². The standard InChI is InChI=1S/C33H37F7N4O4S/c1-19-9-23(34)5-6-26(19)27-13-29(44-16-25-18-49(47,48)8-7-43(25)15-24(44)17-45)41-14-28(27)42(4)30(46)31(2,3)20-10-21(32(35,36)37)12-22(11-20)33(38,39)40/h5-6,9-14,24-25,45,47-48H,7-8,15-18H2,1-4H3/t24-,25?/m0/s1. The second kappa shape index (κ2) is 13.0. The van der Waals surface area contributed by atoms with E-state index in [2.05, 4.69) is 9.88 Å². The zero-order valence-electron chi connectivity index (χ0n) is 27.1. The fourth-order valence-electron chi connectivity index (χ4n) is 6.51. The summed E-state index contributed by atoms with van der Waals surface area (Å²) in [4.78, 5) is 23.7. The molecule has 3 aromatic rings. The molecule has 0 spiro atoms. The van der Waals surface area contributed by atoms with Crippen LogP contribution in [0.15, 0.2) is 48.7 Å². The monoisotopic (exact) mass is 718 g/mol. The summed E-state index contributed by atoms with van der Waals surface area (Å²) in [6.07, 6.45) is -8.88. The summed E-state index contributed by atoms with van der Waals surface area (Å²) in [6.45, 7) is 4.98. The molecule has 3 heterocycles. The molecule has 0 saturated carbocycles. The molecule has 2 aliphatic rings. The van der Waals surface area contributed by atoms with E-state index in [1.807, 2.05) is 4.90 Å². The number of hydrogen-bond acceptors (Lipinski definition) is 7. The van der Waals surface area contributed by atoms with Crippen molar-refractivity contribution in [2.75, 3.05) is 54.6 Å². The van der Waals surface area contributed by atoms with Crippen molar-refractivity contribution >= 4 is 28.0 Å². The van der Waals surface area contributed by atoms with Crippen LogP contribution in [0.5, 0.6) is 0 Å². The van der Waals surface area contributed by atoms with Gasteiger partial charge < -0.3 is 14.9 Å². The summed E-state index contributed by atoms with van der Waals surface area (Å²) in [5.74, 6) is -0.639. The number of hydrogen-bond donors (Lipinski definition) is 3. The van der Waals surface area contributed by atoms with Gasteiger partial charge in [0.2, 0.25) is 5.91 Å². The lowest BCUT2D eigenvalue weighted by Crippen LogP contribution is -2.63. The highest BCUT2D eigenvalue weighted by Gasteiger charge is 2.43. The van der Waals surface area contributed by atoms with Crippen LogP contribution >= 0.6 is 10.6 Å².